The number of halogens is 3. The van der Waals surface area contributed by atoms with Crippen LogP contribution in [0.15, 0.2) is 54.6 Å². The molecule has 0 amide bonds. The summed E-state index contributed by atoms with van der Waals surface area (Å²) in [4.78, 5) is 0. The van der Waals surface area contributed by atoms with Crippen molar-refractivity contribution in [3.8, 4) is 28.0 Å². The quantitative estimate of drug-likeness (QED) is 0.425. The summed E-state index contributed by atoms with van der Waals surface area (Å²) in [5.41, 5.74) is 2.69. The van der Waals surface area contributed by atoms with Crippen LogP contribution >= 0.6 is 0 Å². The van der Waals surface area contributed by atoms with E-state index in [4.69, 9.17) is 14.2 Å². The second kappa shape index (κ2) is 9.76. The highest BCUT2D eigenvalue weighted by Gasteiger charge is 2.23. The number of hydrogen-bond acceptors (Lipinski definition) is 3. The van der Waals surface area contributed by atoms with E-state index in [1.165, 1.54) is 18.2 Å². The summed E-state index contributed by atoms with van der Waals surface area (Å²) in [6.45, 7) is 4.85. The fourth-order valence-electron chi connectivity index (χ4n) is 3.74. The fourth-order valence-corrected chi connectivity index (χ4v) is 3.74. The first-order valence-electron chi connectivity index (χ1n) is 10.7. The average molecular weight is 442 g/mol. The van der Waals surface area contributed by atoms with Crippen LogP contribution in [0.4, 0.5) is 13.2 Å². The van der Waals surface area contributed by atoms with Gasteiger partial charge < -0.3 is 14.2 Å². The van der Waals surface area contributed by atoms with E-state index in [2.05, 4.69) is 0 Å². The standard InChI is InChI=1S/C26H25F3O3/c1-3-12-30-24-11-10-22(25(28)26(24)29)18-6-4-17(5-7-18)19-8-9-21(23(27)13-19)20-14-31-16(2)32-15-20/h4-11,13,16,20H,3,12,14-15H2,1-2H3. The molecule has 0 spiro atoms. The summed E-state index contributed by atoms with van der Waals surface area (Å²) in [6.07, 6.45) is 0.429. The third-order valence-electron chi connectivity index (χ3n) is 5.54. The van der Waals surface area contributed by atoms with Crippen LogP contribution in [0.2, 0.25) is 0 Å². The summed E-state index contributed by atoms with van der Waals surface area (Å²) >= 11 is 0. The highest BCUT2D eigenvalue weighted by molar-refractivity contribution is 5.71. The summed E-state index contributed by atoms with van der Waals surface area (Å²) in [7, 11) is 0. The fraction of sp³-hybridized carbons (Fsp3) is 0.308. The van der Waals surface area contributed by atoms with E-state index in [-0.39, 0.29) is 29.3 Å². The van der Waals surface area contributed by atoms with E-state index in [1.54, 1.807) is 30.3 Å². The van der Waals surface area contributed by atoms with Crippen LogP contribution in [-0.4, -0.2) is 26.1 Å². The molecular formula is C26H25F3O3. The predicted octanol–water partition coefficient (Wildman–Crippen LogP) is 6.70. The molecule has 3 nitrogen and oxygen atoms in total. The molecule has 1 fully saturated rings. The van der Waals surface area contributed by atoms with E-state index in [0.717, 1.165) is 5.56 Å². The molecule has 6 heteroatoms. The predicted molar refractivity (Wildman–Crippen MR) is 117 cm³/mol. The summed E-state index contributed by atoms with van der Waals surface area (Å²) in [6, 6.07) is 14.9. The number of rotatable bonds is 6. The summed E-state index contributed by atoms with van der Waals surface area (Å²) in [5.74, 6) is -2.52. The summed E-state index contributed by atoms with van der Waals surface area (Å²) < 4.78 is 59.8. The molecule has 0 saturated carbocycles. The zero-order valence-electron chi connectivity index (χ0n) is 18.0. The Morgan fingerprint density at radius 1 is 0.844 bits per heavy atom. The van der Waals surface area contributed by atoms with Crippen LogP contribution in [0.1, 0.15) is 31.7 Å². The Morgan fingerprint density at radius 2 is 1.50 bits per heavy atom. The Morgan fingerprint density at radius 3 is 2.16 bits per heavy atom. The normalized spacial score (nSPS) is 18.5. The van der Waals surface area contributed by atoms with Crippen LogP contribution in [0.25, 0.3) is 22.3 Å². The maximum Gasteiger partial charge on any atom is 0.201 e. The molecule has 3 aromatic carbocycles. The van der Waals surface area contributed by atoms with Crippen molar-refractivity contribution < 1.29 is 27.4 Å². The molecular weight excluding hydrogens is 417 g/mol. The van der Waals surface area contributed by atoms with E-state index in [0.29, 0.717) is 42.9 Å². The zero-order chi connectivity index (χ0) is 22.7. The van der Waals surface area contributed by atoms with Gasteiger partial charge in [0.1, 0.15) is 5.82 Å². The number of hydrogen-bond donors (Lipinski definition) is 0. The Balaban J connectivity index is 1.54. The van der Waals surface area contributed by atoms with Gasteiger partial charge in [0, 0.05) is 11.5 Å². The molecule has 1 saturated heterocycles. The van der Waals surface area contributed by atoms with Gasteiger partial charge in [0.05, 0.1) is 19.8 Å². The van der Waals surface area contributed by atoms with Crippen molar-refractivity contribution in [2.75, 3.05) is 19.8 Å². The molecule has 0 aliphatic carbocycles. The monoisotopic (exact) mass is 442 g/mol. The molecule has 3 aromatic rings. The van der Waals surface area contributed by atoms with Crippen molar-refractivity contribution in [1.29, 1.82) is 0 Å². The Hall–Kier alpha value is -2.83. The van der Waals surface area contributed by atoms with Gasteiger partial charge in [0.25, 0.3) is 0 Å². The second-order valence-corrected chi connectivity index (χ2v) is 7.83. The van der Waals surface area contributed by atoms with Gasteiger partial charge in [0.15, 0.2) is 17.9 Å². The van der Waals surface area contributed by atoms with Gasteiger partial charge in [-0.2, -0.15) is 4.39 Å². The first-order valence-corrected chi connectivity index (χ1v) is 10.7. The molecule has 1 aliphatic rings. The van der Waals surface area contributed by atoms with Crippen molar-refractivity contribution >= 4 is 0 Å². The minimum absolute atomic E-state index is 0.0940. The molecule has 1 heterocycles. The van der Waals surface area contributed by atoms with Crippen molar-refractivity contribution in [2.45, 2.75) is 32.5 Å². The lowest BCUT2D eigenvalue weighted by Gasteiger charge is -2.27. The lowest BCUT2D eigenvalue weighted by molar-refractivity contribution is -0.176. The molecule has 4 rings (SSSR count). The minimum Gasteiger partial charge on any atom is -0.490 e. The molecule has 32 heavy (non-hydrogen) atoms. The molecule has 168 valence electrons. The van der Waals surface area contributed by atoms with Gasteiger partial charge in [-0.1, -0.05) is 43.3 Å². The molecule has 0 bridgehead atoms. The molecule has 0 atom stereocenters. The SMILES string of the molecule is CCCOc1ccc(-c2ccc(-c3ccc(C4COC(C)OC4)c(F)c3)cc2)c(F)c1F. The average Bonchev–Trinajstić information content (AvgIpc) is 2.81. The maximum absolute atomic E-state index is 14.8. The highest BCUT2D eigenvalue weighted by Crippen LogP contribution is 2.33. The second-order valence-electron chi connectivity index (χ2n) is 7.83. The van der Waals surface area contributed by atoms with Crippen molar-refractivity contribution in [3.05, 3.63) is 77.6 Å². The van der Waals surface area contributed by atoms with E-state index in [9.17, 15) is 13.2 Å². The lowest BCUT2D eigenvalue weighted by Crippen LogP contribution is -2.29. The maximum atomic E-state index is 14.8. The Labute approximate surface area is 185 Å². The van der Waals surface area contributed by atoms with Gasteiger partial charge in [0.2, 0.25) is 5.82 Å². The Kier molecular flexibility index (Phi) is 6.82. The molecule has 0 unspecified atom stereocenters. The number of benzene rings is 3. The molecule has 0 radical (unpaired) electrons. The summed E-state index contributed by atoms with van der Waals surface area (Å²) in [5, 5.41) is 0. The lowest BCUT2D eigenvalue weighted by atomic mass is 9.95. The van der Waals surface area contributed by atoms with Crippen LogP contribution in [-0.2, 0) is 9.47 Å². The first-order chi connectivity index (χ1) is 15.5. The first kappa shape index (κ1) is 22.4. The van der Waals surface area contributed by atoms with E-state index >= 15 is 0 Å². The smallest absolute Gasteiger partial charge is 0.201 e. The topological polar surface area (TPSA) is 27.7 Å². The molecule has 1 aliphatic heterocycles. The zero-order valence-corrected chi connectivity index (χ0v) is 18.0. The van der Waals surface area contributed by atoms with E-state index in [1.807, 2.05) is 19.9 Å². The van der Waals surface area contributed by atoms with Gasteiger partial charge in [-0.05, 0) is 53.8 Å². The van der Waals surface area contributed by atoms with Crippen LogP contribution < -0.4 is 4.74 Å². The highest BCUT2D eigenvalue weighted by atomic mass is 19.2. The molecule has 0 N–H and O–H groups in total. The Bertz CT molecular complexity index is 1070. The van der Waals surface area contributed by atoms with Crippen molar-refractivity contribution in [2.24, 2.45) is 0 Å². The third kappa shape index (κ3) is 4.66. The van der Waals surface area contributed by atoms with Crippen molar-refractivity contribution in [1.82, 2.24) is 0 Å². The van der Waals surface area contributed by atoms with Gasteiger partial charge >= 0.3 is 0 Å². The van der Waals surface area contributed by atoms with Gasteiger partial charge in [-0.15, -0.1) is 0 Å². The van der Waals surface area contributed by atoms with Crippen LogP contribution in [0.3, 0.4) is 0 Å². The van der Waals surface area contributed by atoms with E-state index < -0.39 is 11.6 Å². The van der Waals surface area contributed by atoms with Gasteiger partial charge in [-0.3, -0.25) is 0 Å². The minimum atomic E-state index is -0.997. The van der Waals surface area contributed by atoms with Crippen molar-refractivity contribution in [3.63, 3.8) is 0 Å². The van der Waals surface area contributed by atoms with Crippen LogP contribution in [0, 0.1) is 17.5 Å². The largest absolute Gasteiger partial charge is 0.490 e. The third-order valence-corrected chi connectivity index (χ3v) is 5.54. The van der Waals surface area contributed by atoms with Gasteiger partial charge in [-0.25, -0.2) is 8.78 Å². The number of ether oxygens (including phenoxy) is 3. The van der Waals surface area contributed by atoms with Crippen LogP contribution in [0.5, 0.6) is 5.75 Å². The molecule has 0 aromatic heterocycles.